The highest BCUT2D eigenvalue weighted by atomic mass is 16.5. The minimum Gasteiger partial charge on any atom is -0.462 e. The fourth-order valence-corrected chi connectivity index (χ4v) is 9.90. The van der Waals surface area contributed by atoms with Gasteiger partial charge >= 0.3 is 5.97 Å². The number of unbranched alkanes of at least 4 members (excludes halogenated alkanes) is 43. The van der Waals surface area contributed by atoms with Crippen molar-refractivity contribution in [3.8, 4) is 0 Å². The van der Waals surface area contributed by atoms with Crippen LogP contribution in [0.5, 0.6) is 0 Å². The Morgan fingerprint density at radius 2 is 0.706 bits per heavy atom. The van der Waals surface area contributed by atoms with E-state index < -0.39 is 18.2 Å². The van der Waals surface area contributed by atoms with Gasteiger partial charge in [-0.2, -0.15) is 0 Å². The van der Waals surface area contributed by atoms with Crippen LogP contribution in [0.3, 0.4) is 0 Å². The highest BCUT2D eigenvalue weighted by molar-refractivity contribution is 5.77. The van der Waals surface area contributed by atoms with Crippen molar-refractivity contribution in [2.75, 3.05) is 6.61 Å². The van der Waals surface area contributed by atoms with E-state index in [4.69, 9.17) is 4.74 Å². The van der Waals surface area contributed by atoms with Crippen LogP contribution in [-0.2, 0) is 14.3 Å². The number of rotatable bonds is 57. The SMILES string of the molecule is CCCCCCCCCCC/C=C/CCCCCC(CC(=O)NC(CO)C(O)CCCCCCCCCCCCCCCCCC)OC(=O)CCCCCCCCCCCCCCCCCCC. The summed E-state index contributed by atoms with van der Waals surface area (Å²) in [5, 5.41) is 23.9. The van der Waals surface area contributed by atoms with Gasteiger partial charge in [0, 0.05) is 6.42 Å². The molecule has 0 saturated carbocycles. The van der Waals surface area contributed by atoms with Crippen molar-refractivity contribution in [1.82, 2.24) is 5.32 Å². The van der Waals surface area contributed by atoms with Crippen LogP contribution >= 0.6 is 0 Å². The van der Waals surface area contributed by atoms with E-state index in [1.54, 1.807) is 0 Å². The molecule has 0 aromatic rings. The molecule has 0 rings (SSSR count). The molecule has 0 heterocycles. The van der Waals surface area contributed by atoms with Crippen LogP contribution in [0.2, 0.25) is 0 Å². The van der Waals surface area contributed by atoms with Crippen LogP contribution in [-0.4, -0.2) is 46.9 Å². The first-order valence-electron chi connectivity index (χ1n) is 30.9. The molecule has 0 aromatic carbocycles. The lowest BCUT2D eigenvalue weighted by Crippen LogP contribution is -2.46. The third-order valence-electron chi connectivity index (χ3n) is 14.6. The Hall–Kier alpha value is -1.40. The summed E-state index contributed by atoms with van der Waals surface area (Å²) >= 11 is 0. The Balaban J connectivity index is 4.51. The number of aliphatic hydroxyl groups is 2. The van der Waals surface area contributed by atoms with Crippen LogP contribution in [0.1, 0.15) is 348 Å². The van der Waals surface area contributed by atoms with Crippen molar-refractivity contribution in [3.05, 3.63) is 12.2 Å². The van der Waals surface area contributed by atoms with Gasteiger partial charge in [0.2, 0.25) is 5.91 Å². The number of carbonyl (C=O) groups excluding carboxylic acids is 2. The summed E-state index contributed by atoms with van der Waals surface area (Å²) in [7, 11) is 0. The fourth-order valence-electron chi connectivity index (χ4n) is 9.90. The predicted molar refractivity (Wildman–Crippen MR) is 297 cm³/mol. The largest absolute Gasteiger partial charge is 0.462 e. The first kappa shape index (κ1) is 66.6. The monoisotopic (exact) mass is 960 g/mol. The normalized spacial score (nSPS) is 13.1. The molecule has 0 aliphatic carbocycles. The summed E-state index contributed by atoms with van der Waals surface area (Å²) in [6.07, 6.45) is 65.7. The summed E-state index contributed by atoms with van der Waals surface area (Å²) in [5.74, 6) is -0.462. The van der Waals surface area contributed by atoms with Crippen LogP contribution < -0.4 is 5.32 Å². The molecule has 0 radical (unpaired) electrons. The van der Waals surface area contributed by atoms with E-state index >= 15 is 0 Å². The second kappa shape index (κ2) is 56.5. The minimum absolute atomic E-state index is 0.0751. The molecule has 0 aliphatic heterocycles. The summed E-state index contributed by atoms with van der Waals surface area (Å²) < 4.78 is 5.97. The van der Waals surface area contributed by atoms with Crippen LogP contribution in [0.25, 0.3) is 0 Å². The topological polar surface area (TPSA) is 95.9 Å². The molecule has 0 saturated heterocycles. The van der Waals surface area contributed by atoms with Crippen molar-refractivity contribution in [2.45, 2.75) is 366 Å². The molecule has 6 nitrogen and oxygen atoms in total. The van der Waals surface area contributed by atoms with Gasteiger partial charge in [0.25, 0.3) is 0 Å². The van der Waals surface area contributed by atoms with E-state index in [-0.39, 0.29) is 24.9 Å². The molecule has 0 fully saturated rings. The average Bonchev–Trinajstić information content (AvgIpc) is 3.33. The van der Waals surface area contributed by atoms with Gasteiger partial charge in [-0.25, -0.2) is 0 Å². The Kier molecular flexibility index (Phi) is 55.3. The van der Waals surface area contributed by atoms with Gasteiger partial charge < -0.3 is 20.3 Å². The smallest absolute Gasteiger partial charge is 0.306 e. The predicted octanol–water partition coefficient (Wildman–Crippen LogP) is 19.2. The van der Waals surface area contributed by atoms with Crippen molar-refractivity contribution in [2.24, 2.45) is 0 Å². The number of hydrogen-bond donors (Lipinski definition) is 3. The molecule has 404 valence electrons. The number of hydrogen-bond acceptors (Lipinski definition) is 5. The van der Waals surface area contributed by atoms with Crippen LogP contribution in [0.15, 0.2) is 12.2 Å². The zero-order chi connectivity index (χ0) is 49.5. The minimum atomic E-state index is -0.787. The highest BCUT2D eigenvalue weighted by Gasteiger charge is 2.24. The Morgan fingerprint density at radius 3 is 1.06 bits per heavy atom. The molecule has 0 aromatic heterocycles. The summed E-state index contributed by atoms with van der Waals surface area (Å²) in [5.41, 5.74) is 0. The highest BCUT2D eigenvalue weighted by Crippen LogP contribution is 2.19. The molecule has 3 atom stereocenters. The quantitative estimate of drug-likeness (QED) is 0.0321. The van der Waals surface area contributed by atoms with Gasteiger partial charge in [-0.3, -0.25) is 9.59 Å². The van der Waals surface area contributed by atoms with Gasteiger partial charge in [0.1, 0.15) is 6.10 Å². The second-order valence-corrected chi connectivity index (χ2v) is 21.5. The third-order valence-corrected chi connectivity index (χ3v) is 14.6. The number of allylic oxidation sites excluding steroid dienone is 2. The second-order valence-electron chi connectivity index (χ2n) is 21.5. The van der Waals surface area contributed by atoms with Crippen molar-refractivity contribution < 1.29 is 24.5 Å². The Labute approximate surface area is 425 Å². The maximum absolute atomic E-state index is 13.3. The molecule has 3 unspecified atom stereocenters. The maximum Gasteiger partial charge on any atom is 0.306 e. The number of nitrogens with one attached hydrogen (secondary N) is 1. The fraction of sp³-hybridized carbons (Fsp3) is 0.935. The first-order chi connectivity index (χ1) is 33.5. The van der Waals surface area contributed by atoms with E-state index in [0.717, 1.165) is 57.8 Å². The van der Waals surface area contributed by atoms with E-state index in [1.807, 2.05) is 0 Å². The van der Waals surface area contributed by atoms with Crippen LogP contribution in [0, 0.1) is 0 Å². The average molecular weight is 961 g/mol. The molecular weight excluding hydrogens is 839 g/mol. The lowest BCUT2D eigenvalue weighted by Gasteiger charge is -2.24. The van der Waals surface area contributed by atoms with E-state index in [1.165, 1.54) is 244 Å². The molecule has 1 amide bonds. The van der Waals surface area contributed by atoms with Gasteiger partial charge in [0.05, 0.1) is 25.2 Å². The summed E-state index contributed by atoms with van der Waals surface area (Å²) in [6, 6.07) is -0.701. The van der Waals surface area contributed by atoms with Crippen molar-refractivity contribution in [1.29, 1.82) is 0 Å². The van der Waals surface area contributed by atoms with Crippen LogP contribution in [0.4, 0.5) is 0 Å². The molecule has 3 N–H and O–H groups in total. The van der Waals surface area contributed by atoms with Gasteiger partial charge in [-0.05, 0) is 51.4 Å². The molecule has 0 spiro atoms. The van der Waals surface area contributed by atoms with Crippen molar-refractivity contribution in [3.63, 3.8) is 0 Å². The number of esters is 1. The lowest BCUT2D eigenvalue weighted by molar-refractivity contribution is -0.151. The number of ether oxygens (including phenoxy) is 1. The summed E-state index contributed by atoms with van der Waals surface area (Å²) in [6.45, 7) is 6.54. The first-order valence-corrected chi connectivity index (χ1v) is 30.9. The van der Waals surface area contributed by atoms with Gasteiger partial charge in [0.15, 0.2) is 0 Å². The zero-order valence-corrected chi connectivity index (χ0v) is 46.3. The molecule has 0 bridgehead atoms. The maximum atomic E-state index is 13.3. The number of carbonyl (C=O) groups is 2. The summed E-state index contributed by atoms with van der Waals surface area (Å²) in [4.78, 5) is 26.3. The van der Waals surface area contributed by atoms with Gasteiger partial charge in [-0.15, -0.1) is 0 Å². The zero-order valence-electron chi connectivity index (χ0n) is 46.3. The lowest BCUT2D eigenvalue weighted by atomic mass is 10.0. The van der Waals surface area contributed by atoms with E-state index in [2.05, 4.69) is 38.2 Å². The Morgan fingerprint density at radius 1 is 0.412 bits per heavy atom. The Bertz CT molecular complexity index is 1030. The number of amides is 1. The standard InChI is InChI=1S/C62H121NO5/c1-4-7-10-13-16-19-22-25-28-31-34-37-40-43-46-49-52-55-62(67)68-58(53-50-47-44-41-38-35-32-29-26-23-20-17-14-11-8-5-2)56-61(66)63-59(57-64)60(65)54-51-48-45-42-39-36-33-30-27-24-21-18-15-12-9-6-3/h35,38,58-60,64-65H,4-34,36-37,39-57H2,1-3H3,(H,63,66)/b38-35+. The van der Waals surface area contributed by atoms with Gasteiger partial charge in [-0.1, -0.05) is 296 Å². The number of aliphatic hydroxyl groups excluding tert-OH is 2. The molecule has 6 heteroatoms. The van der Waals surface area contributed by atoms with E-state index in [9.17, 15) is 19.8 Å². The van der Waals surface area contributed by atoms with Crippen molar-refractivity contribution >= 4 is 11.9 Å². The molecule has 68 heavy (non-hydrogen) atoms. The molecular formula is C62H121NO5. The third kappa shape index (κ3) is 51.0. The van der Waals surface area contributed by atoms with E-state index in [0.29, 0.717) is 19.3 Å². The molecule has 0 aliphatic rings.